The predicted octanol–water partition coefficient (Wildman–Crippen LogP) is 3.27. The number of amides is 1. The maximum Gasteiger partial charge on any atom is 0.220 e. The molecule has 1 aromatic carbocycles. The molecule has 0 bridgehead atoms. The van der Waals surface area contributed by atoms with Crippen LogP contribution in [0.5, 0.6) is 5.75 Å². The third-order valence-electron chi connectivity index (χ3n) is 3.95. The fourth-order valence-electron chi connectivity index (χ4n) is 2.76. The average molecular weight is 392 g/mol. The Kier molecular flexibility index (Phi) is 8.83. The molecule has 1 amide bonds. The number of carbonyl (C=O) groups is 1. The lowest BCUT2D eigenvalue weighted by Gasteiger charge is -2.19. The van der Waals surface area contributed by atoms with Crippen LogP contribution in [0.4, 0.5) is 0 Å². The second-order valence-corrected chi connectivity index (χ2v) is 6.34. The molecule has 3 N–H and O–H groups in total. The molecule has 1 saturated carbocycles. The van der Waals surface area contributed by atoms with Crippen molar-refractivity contribution in [2.75, 3.05) is 13.2 Å². The molecule has 1 aliphatic carbocycles. The number of para-hydroxylation sites is 1. The van der Waals surface area contributed by atoms with Gasteiger partial charge in [0.15, 0.2) is 0 Å². The summed E-state index contributed by atoms with van der Waals surface area (Å²) < 4.78 is 6.59. The third kappa shape index (κ3) is 5.78. The molecule has 22 heavy (non-hydrogen) atoms. The van der Waals surface area contributed by atoms with Gasteiger partial charge in [-0.25, -0.2) is 0 Å². The van der Waals surface area contributed by atoms with Crippen molar-refractivity contribution < 1.29 is 9.53 Å². The molecule has 6 heteroatoms. The van der Waals surface area contributed by atoms with Crippen LogP contribution in [0.1, 0.15) is 32.1 Å². The summed E-state index contributed by atoms with van der Waals surface area (Å²) in [5.41, 5.74) is 5.72. The number of ether oxygens (including phenoxy) is 1. The Morgan fingerprint density at radius 2 is 2.14 bits per heavy atom. The van der Waals surface area contributed by atoms with Crippen molar-refractivity contribution in [1.29, 1.82) is 0 Å². The molecule has 0 aromatic heterocycles. The Hall–Kier alpha value is -0.780. The molecule has 0 aliphatic heterocycles. The van der Waals surface area contributed by atoms with E-state index in [2.05, 4.69) is 21.2 Å². The Bertz CT molecular complexity index is 473. The van der Waals surface area contributed by atoms with Crippen LogP contribution in [0, 0.1) is 5.92 Å². The van der Waals surface area contributed by atoms with E-state index in [1.165, 1.54) is 0 Å². The van der Waals surface area contributed by atoms with E-state index in [0.717, 1.165) is 29.5 Å². The van der Waals surface area contributed by atoms with Crippen LogP contribution < -0.4 is 15.8 Å². The van der Waals surface area contributed by atoms with Crippen LogP contribution in [-0.2, 0) is 4.79 Å². The molecular formula is C16H24BrClN2O2. The monoisotopic (exact) mass is 390 g/mol. The number of halogens is 2. The van der Waals surface area contributed by atoms with Gasteiger partial charge < -0.3 is 15.8 Å². The normalized spacial score (nSPS) is 20.3. The minimum absolute atomic E-state index is 0. The molecule has 1 aliphatic rings. The minimum atomic E-state index is 0. The van der Waals surface area contributed by atoms with Crippen molar-refractivity contribution in [3.63, 3.8) is 0 Å². The van der Waals surface area contributed by atoms with Gasteiger partial charge in [0.2, 0.25) is 5.91 Å². The van der Waals surface area contributed by atoms with E-state index in [9.17, 15) is 4.79 Å². The van der Waals surface area contributed by atoms with Crippen molar-refractivity contribution >= 4 is 34.2 Å². The largest absolute Gasteiger partial charge is 0.492 e. The smallest absolute Gasteiger partial charge is 0.220 e. The van der Waals surface area contributed by atoms with Crippen molar-refractivity contribution in [3.05, 3.63) is 28.7 Å². The summed E-state index contributed by atoms with van der Waals surface area (Å²) in [4.78, 5) is 11.9. The summed E-state index contributed by atoms with van der Waals surface area (Å²) in [5.74, 6) is 1.37. The molecular weight excluding hydrogens is 368 g/mol. The minimum Gasteiger partial charge on any atom is -0.492 e. The lowest BCUT2D eigenvalue weighted by molar-refractivity contribution is -0.122. The van der Waals surface area contributed by atoms with E-state index >= 15 is 0 Å². The molecule has 2 rings (SSSR count). The number of hydrogen-bond acceptors (Lipinski definition) is 3. The van der Waals surface area contributed by atoms with Crippen LogP contribution in [0.2, 0.25) is 0 Å². The Morgan fingerprint density at radius 1 is 1.36 bits per heavy atom. The zero-order chi connectivity index (χ0) is 15.1. The maximum atomic E-state index is 11.9. The van der Waals surface area contributed by atoms with E-state index in [1.54, 1.807) is 0 Å². The number of benzene rings is 1. The van der Waals surface area contributed by atoms with E-state index in [-0.39, 0.29) is 24.4 Å². The number of nitrogens with two attached hydrogens (primary N) is 1. The summed E-state index contributed by atoms with van der Waals surface area (Å²) in [7, 11) is 0. The van der Waals surface area contributed by atoms with E-state index in [0.29, 0.717) is 31.9 Å². The zero-order valence-corrected chi connectivity index (χ0v) is 15.0. The van der Waals surface area contributed by atoms with Gasteiger partial charge in [-0.15, -0.1) is 12.4 Å². The molecule has 4 nitrogen and oxygen atoms in total. The SMILES string of the molecule is Cl.NCC1CCCC1NC(=O)CCCOc1ccccc1Br. The fourth-order valence-corrected chi connectivity index (χ4v) is 3.16. The highest BCUT2D eigenvalue weighted by Crippen LogP contribution is 2.25. The first-order valence-electron chi connectivity index (χ1n) is 7.57. The maximum absolute atomic E-state index is 11.9. The predicted molar refractivity (Wildman–Crippen MR) is 94.4 cm³/mol. The standard InChI is InChI=1S/C16H23BrN2O2.ClH/c17-13-6-1-2-8-15(13)21-10-4-9-16(20)19-14-7-3-5-12(14)11-18;/h1-2,6,8,12,14H,3-5,7,9-11,18H2,(H,19,20);1H. The molecule has 2 unspecified atom stereocenters. The van der Waals surface area contributed by atoms with Crippen LogP contribution in [0.3, 0.4) is 0 Å². The quantitative estimate of drug-likeness (QED) is 0.701. The molecule has 1 aromatic rings. The number of hydrogen-bond donors (Lipinski definition) is 2. The summed E-state index contributed by atoms with van der Waals surface area (Å²) in [6.07, 6.45) is 4.57. The van der Waals surface area contributed by atoms with E-state index in [4.69, 9.17) is 10.5 Å². The van der Waals surface area contributed by atoms with Gasteiger partial charge in [0.1, 0.15) is 5.75 Å². The average Bonchev–Trinajstić information content (AvgIpc) is 2.92. The van der Waals surface area contributed by atoms with Crippen LogP contribution >= 0.6 is 28.3 Å². The third-order valence-corrected chi connectivity index (χ3v) is 4.61. The first-order chi connectivity index (χ1) is 10.2. The molecule has 0 radical (unpaired) electrons. The molecule has 0 saturated heterocycles. The van der Waals surface area contributed by atoms with Gasteiger partial charge in [-0.2, -0.15) is 0 Å². The van der Waals surface area contributed by atoms with Gasteiger partial charge in [0.05, 0.1) is 11.1 Å². The highest BCUT2D eigenvalue weighted by atomic mass is 79.9. The molecule has 0 heterocycles. The number of nitrogens with one attached hydrogen (secondary N) is 1. The lowest BCUT2D eigenvalue weighted by atomic mass is 10.0. The zero-order valence-electron chi connectivity index (χ0n) is 12.6. The summed E-state index contributed by atoms with van der Waals surface area (Å²) in [6.45, 7) is 1.21. The van der Waals surface area contributed by atoms with Crippen molar-refractivity contribution in [2.45, 2.75) is 38.1 Å². The Labute approximate surface area is 146 Å². The first-order valence-corrected chi connectivity index (χ1v) is 8.36. The van der Waals surface area contributed by atoms with Gasteiger partial charge >= 0.3 is 0 Å². The van der Waals surface area contributed by atoms with E-state index < -0.39 is 0 Å². The number of rotatable bonds is 7. The van der Waals surface area contributed by atoms with Gasteiger partial charge in [0.25, 0.3) is 0 Å². The molecule has 1 fully saturated rings. The highest BCUT2D eigenvalue weighted by molar-refractivity contribution is 9.10. The second-order valence-electron chi connectivity index (χ2n) is 5.48. The van der Waals surface area contributed by atoms with Crippen LogP contribution in [0.25, 0.3) is 0 Å². The fraction of sp³-hybridized carbons (Fsp3) is 0.562. The van der Waals surface area contributed by atoms with Gasteiger partial charge in [-0.3, -0.25) is 4.79 Å². The Balaban J connectivity index is 0.00000242. The first kappa shape index (κ1) is 19.3. The van der Waals surface area contributed by atoms with Crippen molar-refractivity contribution in [2.24, 2.45) is 11.7 Å². The van der Waals surface area contributed by atoms with Crippen molar-refractivity contribution in [3.8, 4) is 5.75 Å². The number of carbonyl (C=O) groups excluding carboxylic acids is 1. The van der Waals surface area contributed by atoms with Crippen LogP contribution in [-0.4, -0.2) is 25.1 Å². The van der Waals surface area contributed by atoms with Gasteiger partial charge in [-0.1, -0.05) is 18.6 Å². The lowest BCUT2D eigenvalue weighted by Crippen LogP contribution is -2.39. The molecule has 0 spiro atoms. The molecule has 124 valence electrons. The molecule has 2 atom stereocenters. The van der Waals surface area contributed by atoms with E-state index in [1.807, 2.05) is 24.3 Å². The van der Waals surface area contributed by atoms with Crippen LogP contribution in [0.15, 0.2) is 28.7 Å². The summed E-state index contributed by atoms with van der Waals surface area (Å²) in [6, 6.07) is 8.00. The second kappa shape index (κ2) is 10.1. The van der Waals surface area contributed by atoms with Gasteiger partial charge in [-0.05, 0) is 59.8 Å². The summed E-state index contributed by atoms with van der Waals surface area (Å²) >= 11 is 3.43. The summed E-state index contributed by atoms with van der Waals surface area (Å²) in [5, 5.41) is 3.11. The topological polar surface area (TPSA) is 64.3 Å². The highest BCUT2D eigenvalue weighted by Gasteiger charge is 2.26. The Morgan fingerprint density at radius 3 is 2.86 bits per heavy atom. The van der Waals surface area contributed by atoms with Gasteiger partial charge in [0, 0.05) is 12.5 Å². The van der Waals surface area contributed by atoms with Crippen molar-refractivity contribution in [1.82, 2.24) is 5.32 Å².